The minimum absolute atomic E-state index is 0.303. The van der Waals surface area contributed by atoms with Crippen molar-refractivity contribution in [3.05, 3.63) is 80.2 Å². The largest absolute Gasteiger partial charge is 0.494 e. The van der Waals surface area contributed by atoms with Crippen molar-refractivity contribution < 1.29 is 9.53 Å². The smallest absolute Gasteiger partial charge is 0.247 e. The molecular formula is C31H37N7O2. The molecule has 0 bridgehead atoms. The molecule has 0 atom stereocenters. The summed E-state index contributed by atoms with van der Waals surface area (Å²) < 4.78 is 7.83. The average Bonchev–Trinajstić information content (AvgIpc) is 3.31. The van der Waals surface area contributed by atoms with Crippen molar-refractivity contribution in [3.63, 3.8) is 0 Å². The Morgan fingerprint density at radius 2 is 1.90 bits per heavy atom. The lowest BCUT2D eigenvalue weighted by Gasteiger charge is -2.26. The highest BCUT2D eigenvalue weighted by atomic mass is 16.5. The van der Waals surface area contributed by atoms with Crippen LogP contribution in [0.3, 0.4) is 0 Å². The number of para-hydroxylation sites is 1. The topological polar surface area (TPSA) is 87.6 Å². The minimum Gasteiger partial charge on any atom is -0.494 e. The number of carbonyl (C=O) groups is 1. The summed E-state index contributed by atoms with van der Waals surface area (Å²) in [5.74, 6) is 0.704. The van der Waals surface area contributed by atoms with Crippen LogP contribution in [0, 0.1) is 0 Å². The molecule has 0 saturated carbocycles. The van der Waals surface area contributed by atoms with Crippen molar-refractivity contribution in [3.8, 4) is 17.0 Å². The van der Waals surface area contributed by atoms with Crippen LogP contribution in [-0.4, -0.2) is 66.2 Å². The third kappa shape index (κ3) is 6.50. The van der Waals surface area contributed by atoms with Gasteiger partial charge in [0.2, 0.25) is 11.9 Å². The van der Waals surface area contributed by atoms with Gasteiger partial charge in [0.25, 0.3) is 0 Å². The number of aromatic nitrogens is 3. The molecule has 0 aliphatic heterocycles. The SMILES string of the molecule is C=CCCN(C)CCN(C)c1cc(OC)c(Nc2nccc(-c3cn(C)c4ccccc34)n2)cc1NC(=O)C=C. The molecule has 9 nitrogen and oxygen atoms in total. The number of ether oxygens (including phenoxy) is 1. The summed E-state index contributed by atoms with van der Waals surface area (Å²) in [6, 6.07) is 13.8. The fourth-order valence-electron chi connectivity index (χ4n) is 4.54. The second-order valence-electron chi connectivity index (χ2n) is 9.63. The minimum atomic E-state index is -0.303. The van der Waals surface area contributed by atoms with Crippen molar-refractivity contribution in [2.45, 2.75) is 6.42 Å². The Balaban J connectivity index is 1.65. The normalized spacial score (nSPS) is 10.9. The molecule has 0 unspecified atom stereocenters. The van der Waals surface area contributed by atoms with Crippen molar-refractivity contribution >= 4 is 39.8 Å². The van der Waals surface area contributed by atoms with E-state index in [0.717, 1.165) is 53.9 Å². The number of carbonyl (C=O) groups excluding carboxylic acids is 1. The Kier molecular flexibility index (Phi) is 9.19. The molecule has 4 rings (SSSR count). The maximum Gasteiger partial charge on any atom is 0.247 e. The van der Waals surface area contributed by atoms with Gasteiger partial charge >= 0.3 is 0 Å². The molecule has 9 heteroatoms. The van der Waals surface area contributed by atoms with Gasteiger partial charge in [0.1, 0.15) is 5.75 Å². The lowest BCUT2D eigenvalue weighted by molar-refractivity contribution is -0.111. The Hall–Kier alpha value is -4.63. The number of fused-ring (bicyclic) bond motifs is 1. The van der Waals surface area contributed by atoms with Gasteiger partial charge in [-0.2, -0.15) is 0 Å². The van der Waals surface area contributed by atoms with Crippen LogP contribution in [0.5, 0.6) is 5.75 Å². The van der Waals surface area contributed by atoms with E-state index < -0.39 is 0 Å². The van der Waals surface area contributed by atoms with E-state index in [1.54, 1.807) is 13.3 Å². The molecule has 0 fully saturated rings. The monoisotopic (exact) mass is 539 g/mol. The molecule has 0 aliphatic rings. The molecule has 40 heavy (non-hydrogen) atoms. The van der Waals surface area contributed by atoms with E-state index in [9.17, 15) is 4.79 Å². The van der Waals surface area contributed by atoms with Gasteiger partial charge in [-0.15, -0.1) is 6.58 Å². The molecule has 2 N–H and O–H groups in total. The zero-order valence-corrected chi connectivity index (χ0v) is 23.6. The van der Waals surface area contributed by atoms with Crippen molar-refractivity contribution in [1.82, 2.24) is 19.4 Å². The van der Waals surface area contributed by atoms with Gasteiger partial charge in [-0.05, 0) is 37.7 Å². The molecule has 2 heterocycles. The van der Waals surface area contributed by atoms with Gasteiger partial charge in [0, 0.05) is 68.7 Å². The zero-order valence-electron chi connectivity index (χ0n) is 23.6. The number of nitrogens with zero attached hydrogens (tertiary/aromatic N) is 5. The molecule has 1 amide bonds. The number of anilines is 4. The third-order valence-corrected chi connectivity index (χ3v) is 6.78. The van der Waals surface area contributed by atoms with Crippen molar-refractivity contribution in [2.24, 2.45) is 7.05 Å². The van der Waals surface area contributed by atoms with E-state index in [1.807, 2.05) is 50.5 Å². The predicted octanol–water partition coefficient (Wildman–Crippen LogP) is 5.46. The first-order chi connectivity index (χ1) is 19.3. The fraction of sp³-hybridized carbons (Fsp3) is 0.258. The van der Waals surface area contributed by atoms with E-state index in [2.05, 4.69) is 68.5 Å². The predicted molar refractivity (Wildman–Crippen MR) is 165 cm³/mol. The highest BCUT2D eigenvalue weighted by Crippen LogP contribution is 2.38. The molecule has 2 aromatic carbocycles. The summed E-state index contributed by atoms with van der Waals surface area (Å²) in [6.07, 6.45) is 7.89. The highest BCUT2D eigenvalue weighted by molar-refractivity contribution is 6.02. The molecule has 0 aliphatic carbocycles. The van der Waals surface area contributed by atoms with Crippen LogP contribution in [0.25, 0.3) is 22.2 Å². The highest BCUT2D eigenvalue weighted by Gasteiger charge is 2.17. The van der Waals surface area contributed by atoms with Gasteiger partial charge in [-0.1, -0.05) is 30.9 Å². The summed E-state index contributed by atoms with van der Waals surface area (Å²) in [4.78, 5) is 25.9. The first-order valence-corrected chi connectivity index (χ1v) is 13.1. The molecule has 0 spiro atoms. The quantitative estimate of drug-likeness (QED) is 0.172. The molecule has 208 valence electrons. The number of amides is 1. The summed E-state index contributed by atoms with van der Waals surface area (Å²) in [5, 5.41) is 7.34. The maximum absolute atomic E-state index is 12.3. The number of rotatable bonds is 13. The number of likely N-dealkylation sites (N-methyl/N-ethyl adjacent to an activating group) is 2. The van der Waals surface area contributed by atoms with Crippen molar-refractivity contribution in [1.29, 1.82) is 0 Å². The summed E-state index contributed by atoms with van der Waals surface area (Å²) in [5.41, 5.74) is 5.00. The Morgan fingerprint density at radius 1 is 1.10 bits per heavy atom. The number of benzene rings is 2. The third-order valence-electron chi connectivity index (χ3n) is 6.78. The standard InChI is InChI=1S/C31H37N7O2/c1-7-9-16-36(3)17-18-37(4)28-20-29(40-6)26(19-25(28)33-30(39)8-2)35-31-32-15-14-24(34-31)23-21-38(5)27-13-11-10-12-22(23)27/h7-8,10-15,19-21H,1-2,9,16-18H2,3-6H3,(H,33,39)(H,32,34,35). The van der Waals surface area contributed by atoms with Crippen LogP contribution >= 0.6 is 0 Å². The van der Waals surface area contributed by atoms with Crippen LogP contribution in [-0.2, 0) is 11.8 Å². The Labute approximate surface area is 235 Å². The van der Waals surface area contributed by atoms with Gasteiger partial charge in [-0.3, -0.25) is 4.79 Å². The average molecular weight is 540 g/mol. The van der Waals surface area contributed by atoms with Crippen LogP contribution in [0.15, 0.2) is 80.2 Å². The molecular weight excluding hydrogens is 502 g/mol. The van der Waals surface area contributed by atoms with Crippen LogP contribution in [0.2, 0.25) is 0 Å². The number of hydrogen-bond donors (Lipinski definition) is 2. The molecule has 0 saturated heterocycles. The van der Waals surface area contributed by atoms with Crippen LogP contribution in [0.4, 0.5) is 23.0 Å². The van der Waals surface area contributed by atoms with Gasteiger partial charge < -0.3 is 29.7 Å². The lowest BCUT2D eigenvalue weighted by atomic mass is 10.1. The van der Waals surface area contributed by atoms with E-state index in [0.29, 0.717) is 23.1 Å². The number of hydrogen-bond acceptors (Lipinski definition) is 7. The molecule has 0 radical (unpaired) electrons. The van der Waals surface area contributed by atoms with Crippen LogP contribution in [0.1, 0.15) is 6.42 Å². The number of nitrogens with one attached hydrogen (secondary N) is 2. The Morgan fingerprint density at radius 3 is 2.65 bits per heavy atom. The first kappa shape index (κ1) is 28.4. The molecule has 2 aromatic heterocycles. The van der Waals surface area contributed by atoms with E-state index in [1.165, 1.54) is 6.08 Å². The summed E-state index contributed by atoms with van der Waals surface area (Å²) >= 11 is 0. The lowest BCUT2D eigenvalue weighted by Crippen LogP contribution is -2.31. The second-order valence-corrected chi connectivity index (χ2v) is 9.63. The zero-order chi connectivity index (χ0) is 28.6. The number of methoxy groups -OCH3 is 1. The summed E-state index contributed by atoms with van der Waals surface area (Å²) in [7, 11) is 7.71. The van der Waals surface area contributed by atoms with Gasteiger partial charge in [0.05, 0.1) is 29.9 Å². The van der Waals surface area contributed by atoms with E-state index in [-0.39, 0.29) is 5.91 Å². The number of aryl methyl sites for hydroxylation is 1. The van der Waals surface area contributed by atoms with Gasteiger partial charge in [-0.25, -0.2) is 9.97 Å². The second kappa shape index (κ2) is 12.9. The van der Waals surface area contributed by atoms with Gasteiger partial charge in [0.15, 0.2) is 0 Å². The summed E-state index contributed by atoms with van der Waals surface area (Å²) in [6.45, 7) is 9.92. The molecule has 4 aromatic rings. The fourth-order valence-corrected chi connectivity index (χ4v) is 4.54. The van der Waals surface area contributed by atoms with E-state index in [4.69, 9.17) is 9.72 Å². The maximum atomic E-state index is 12.3. The van der Waals surface area contributed by atoms with E-state index >= 15 is 0 Å². The van der Waals surface area contributed by atoms with Crippen LogP contribution < -0.4 is 20.3 Å². The first-order valence-electron chi connectivity index (χ1n) is 13.1. The van der Waals surface area contributed by atoms with Crippen molar-refractivity contribution in [2.75, 3.05) is 56.4 Å². The Bertz CT molecular complexity index is 1510.